The minimum absolute atomic E-state index is 0.601. The van der Waals surface area contributed by atoms with Crippen LogP contribution >= 0.6 is 0 Å². The smallest absolute Gasteiger partial charge is 0.0769 e. The molecule has 3 heteroatoms. The minimum atomic E-state index is 0.601. The molecule has 0 aromatic heterocycles. The molecule has 0 atom stereocenters. The monoisotopic (exact) mass is 233 g/mol. The molecular formula is C14H19NO2. The Bertz CT molecular complexity index is 376. The first kappa shape index (κ1) is 13.2. The predicted octanol–water partition coefficient (Wildman–Crippen LogP) is 3.25. The van der Waals surface area contributed by atoms with Crippen LogP contribution in [0.4, 0.5) is 5.69 Å². The summed E-state index contributed by atoms with van der Waals surface area (Å²) in [4.78, 5) is 2.06. The largest absolute Gasteiger partial charge is 0.516 e. The summed E-state index contributed by atoms with van der Waals surface area (Å²) in [6, 6.07) is 6.29. The van der Waals surface area contributed by atoms with Crippen LogP contribution in [0.5, 0.6) is 0 Å². The minimum Gasteiger partial charge on any atom is -0.516 e. The number of aliphatic hydroxyl groups excluding tert-OH is 2. The van der Waals surface area contributed by atoms with Gasteiger partial charge in [-0.1, -0.05) is 6.07 Å². The van der Waals surface area contributed by atoms with Crippen molar-refractivity contribution in [1.29, 1.82) is 0 Å². The Morgan fingerprint density at radius 3 is 1.82 bits per heavy atom. The standard InChI is InChI=1S/C14H19NO2/c1-12-9-13(2)11-14(10-12)15(5-3-7-16)6-4-8-17/h3-4,7-11,16-17H,5-6H2,1-2H3. The lowest BCUT2D eigenvalue weighted by Gasteiger charge is -2.22. The van der Waals surface area contributed by atoms with Crippen molar-refractivity contribution < 1.29 is 10.2 Å². The van der Waals surface area contributed by atoms with E-state index in [4.69, 9.17) is 10.2 Å². The number of benzene rings is 1. The Balaban J connectivity index is 2.93. The summed E-state index contributed by atoms with van der Waals surface area (Å²) in [6.45, 7) is 5.31. The van der Waals surface area contributed by atoms with Crippen molar-refractivity contribution in [2.75, 3.05) is 18.0 Å². The van der Waals surface area contributed by atoms with Crippen LogP contribution in [0.15, 0.2) is 42.9 Å². The van der Waals surface area contributed by atoms with Gasteiger partial charge >= 0.3 is 0 Å². The number of aliphatic hydroxyl groups is 2. The molecular weight excluding hydrogens is 214 g/mol. The van der Waals surface area contributed by atoms with E-state index in [1.165, 1.54) is 11.1 Å². The average molecular weight is 233 g/mol. The molecule has 0 aliphatic carbocycles. The van der Waals surface area contributed by atoms with Gasteiger partial charge in [-0.3, -0.25) is 0 Å². The fourth-order valence-corrected chi connectivity index (χ4v) is 1.77. The summed E-state index contributed by atoms with van der Waals surface area (Å²) in [5.74, 6) is 0. The summed E-state index contributed by atoms with van der Waals surface area (Å²) in [5.41, 5.74) is 3.48. The second kappa shape index (κ2) is 6.63. The summed E-state index contributed by atoms with van der Waals surface area (Å²) in [5, 5.41) is 17.4. The first-order valence-electron chi connectivity index (χ1n) is 5.59. The third-order valence-corrected chi connectivity index (χ3v) is 2.43. The molecule has 2 N–H and O–H groups in total. The van der Waals surface area contributed by atoms with E-state index in [0.29, 0.717) is 13.1 Å². The van der Waals surface area contributed by atoms with E-state index in [9.17, 15) is 0 Å². The number of anilines is 1. The van der Waals surface area contributed by atoms with Crippen LogP contribution in [0.3, 0.4) is 0 Å². The highest BCUT2D eigenvalue weighted by Crippen LogP contribution is 2.18. The van der Waals surface area contributed by atoms with Gasteiger partial charge in [-0.2, -0.15) is 0 Å². The summed E-state index contributed by atoms with van der Waals surface area (Å²) in [7, 11) is 0. The Morgan fingerprint density at radius 2 is 1.41 bits per heavy atom. The third kappa shape index (κ3) is 4.23. The van der Waals surface area contributed by atoms with Gasteiger partial charge in [0.2, 0.25) is 0 Å². The lowest BCUT2D eigenvalue weighted by Crippen LogP contribution is -2.23. The predicted molar refractivity (Wildman–Crippen MR) is 71.7 cm³/mol. The number of nitrogens with zero attached hydrogens (tertiary/aromatic N) is 1. The van der Waals surface area contributed by atoms with Crippen molar-refractivity contribution in [3.63, 3.8) is 0 Å². The number of aryl methyl sites for hydroxylation is 2. The molecule has 0 saturated carbocycles. The quantitative estimate of drug-likeness (QED) is 0.767. The molecule has 0 bridgehead atoms. The first-order valence-corrected chi connectivity index (χ1v) is 5.59. The molecule has 0 radical (unpaired) electrons. The molecule has 0 heterocycles. The van der Waals surface area contributed by atoms with Crippen molar-refractivity contribution in [3.8, 4) is 0 Å². The molecule has 0 amide bonds. The molecule has 0 saturated heterocycles. The zero-order valence-electron chi connectivity index (χ0n) is 10.3. The fourth-order valence-electron chi connectivity index (χ4n) is 1.77. The Labute approximate surface area is 102 Å². The van der Waals surface area contributed by atoms with Gasteiger partial charge in [0, 0.05) is 18.8 Å². The van der Waals surface area contributed by atoms with Crippen LogP contribution < -0.4 is 4.90 Å². The summed E-state index contributed by atoms with van der Waals surface area (Å²) >= 11 is 0. The molecule has 0 spiro atoms. The molecule has 0 fully saturated rings. The first-order chi connectivity index (χ1) is 8.17. The summed E-state index contributed by atoms with van der Waals surface area (Å²) in [6.07, 6.45) is 5.42. The molecule has 3 nitrogen and oxygen atoms in total. The molecule has 17 heavy (non-hydrogen) atoms. The van der Waals surface area contributed by atoms with Crippen LogP contribution in [0.2, 0.25) is 0 Å². The van der Waals surface area contributed by atoms with E-state index in [-0.39, 0.29) is 0 Å². The van der Waals surface area contributed by atoms with E-state index >= 15 is 0 Å². The topological polar surface area (TPSA) is 43.7 Å². The number of hydrogen-bond donors (Lipinski definition) is 2. The van der Waals surface area contributed by atoms with Crippen LogP contribution in [-0.4, -0.2) is 23.3 Å². The Hall–Kier alpha value is -1.90. The van der Waals surface area contributed by atoms with Crippen LogP contribution in [0, 0.1) is 13.8 Å². The number of rotatable bonds is 5. The molecule has 1 rings (SSSR count). The maximum Gasteiger partial charge on any atom is 0.0769 e. The van der Waals surface area contributed by atoms with Gasteiger partial charge in [0.05, 0.1) is 12.5 Å². The average Bonchev–Trinajstić information content (AvgIpc) is 2.28. The van der Waals surface area contributed by atoms with Crippen LogP contribution in [0.1, 0.15) is 11.1 Å². The van der Waals surface area contributed by atoms with Crippen molar-refractivity contribution in [2.45, 2.75) is 13.8 Å². The van der Waals surface area contributed by atoms with Crippen molar-refractivity contribution >= 4 is 5.69 Å². The SMILES string of the molecule is Cc1cc(C)cc(N(CC=CO)CC=CO)c1. The van der Waals surface area contributed by atoms with Crippen LogP contribution in [0.25, 0.3) is 0 Å². The Kier molecular flexibility index (Phi) is 5.14. The van der Waals surface area contributed by atoms with E-state index in [2.05, 4.69) is 36.9 Å². The van der Waals surface area contributed by atoms with Gasteiger partial charge in [0.25, 0.3) is 0 Å². The second-order valence-corrected chi connectivity index (χ2v) is 4.02. The van der Waals surface area contributed by atoms with Gasteiger partial charge in [-0.15, -0.1) is 0 Å². The van der Waals surface area contributed by atoms with Gasteiger partial charge in [-0.25, -0.2) is 0 Å². The molecule has 1 aromatic rings. The third-order valence-electron chi connectivity index (χ3n) is 2.43. The van der Waals surface area contributed by atoms with Crippen molar-refractivity contribution in [2.24, 2.45) is 0 Å². The van der Waals surface area contributed by atoms with E-state index in [1.54, 1.807) is 12.2 Å². The zero-order chi connectivity index (χ0) is 12.7. The lowest BCUT2D eigenvalue weighted by molar-refractivity contribution is 0.470. The molecule has 0 aliphatic rings. The van der Waals surface area contributed by atoms with Crippen LogP contribution in [-0.2, 0) is 0 Å². The molecule has 1 aromatic carbocycles. The maximum atomic E-state index is 8.72. The van der Waals surface area contributed by atoms with Crippen molar-refractivity contribution in [1.82, 2.24) is 0 Å². The summed E-state index contributed by atoms with van der Waals surface area (Å²) < 4.78 is 0. The second-order valence-electron chi connectivity index (χ2n) is 4.02. The molecule has 92 valence electrons. The zero-order valence-corrected chi connectivity index (χ0v) is 10.3. The van der Waals surface area contributed by atoms with Crippen molar-refractivity contribution in [3.05, 3.63) is 54.0 Å². The van der Waals surface area contributed by atoms with E-state index < -0.39 is 0 Å². The van der Waals surface area contributed by atoms with Gasteiger partial charge < -0.3 is 15.1 Å². The lowest BCUT2D eigenvalue weighted by atomic mass is 10.1. The highest BCUT2D eigenvalue weighted by Gasteiger charge is 2.04. The maximum absolute atomic E-state index is 8.72. The van der Waals surface area contributed by atoms with Gasteiger partial charge in [0.1, 0.15) is 0 Å². The number of hydrogen-bond acceptors (Lipinski definition) is 3. The van der Waals surface area contributed by atoms with Gasteiger partial charge in [0.15, 0.2) is 0 Å². The normalized spacial score (nSPS) is 11.4. The van der Waals surface area contributed by atoms with Gasteiger partial charge in [-0.05, 0) is 49.3 Å². The van der Waals surface area contributed by atoms with E-state index in [0.717, 1.165) is 18.2 Å². The Morgan fingerprint density at radius 1 is 0.941 bits per heavy atom. The molecule has 0 unspecified atom stereocenters. The molecule has 0 aliphatic heterocycles. The van der Waals surface area contributed by atoms with E-state index in [1.807, 2.05) is 0 Å². The highest BCUT2D eigenvalue weighted by molar-refractivity contribution is 5.51. The fraction of sp³-hybridized carbons (Fsp3) is 0.286. The highest BCUT2D eigenvalue weighted by atomic mass is 16.2.